The summed E-state index contributed by atoms with van der Waals surface area (Å²) in [7, 11) is 0. The number of hydrogen-bond acceptors (Lipinski definition) is 3. The molecular formula is C23H22N4O2. The molecule has 1 spiro atoms. The molecule has 0 aromatic heterocycles. The van der Waals surface area contributed by atoms with Crippen molar-refractivity contribution in [3.05, 3.63) is 70.4 Å². The van der Waals surface area contributed by atoms with E-state index < -0.39 is 0 Å². The third kappa shape index (κ3) is 2.75. The SMILES string of the molecule is C=C1C=NN(c2cc(C)c(Cc3ccc4c(c3)C3(CC3)C(=O)N4)c(C)c2)C(=O)N1. The average molecular weight is 386 g/mol. The van der Waals surface area contributed by atoms with Crippen LogP contribution in [0.2, 0.25) is 0 Å². The van der Waals surface area contributed by atoms with Crippen molar-refractivity contribution in [2.75, 3.05) is 10.3 Å². The number of anilines is 2. The van der Waals surface area contributed by atoms with Gasteiger partial charge in [0.1, 0.15) is 0 Å². The van der Waals surface area contributed by atoms with Crippen LogP contribution in [0.1, 0.15) is 40.7 Å². The minimum absolute atomic E-state index is 0.143. The van der Waals surface area contributed by atoms with Crippen molar-refractivity contribution >= 4 is 29.5 Å². The van der Waals surface area contributed by atoms with Crippen molar-refractivity contribution < 1.29 is 9.59 Å². The molecule has 1 saturated carbocycles. The zero-order chi connectivity index (χ0) is 20.3. The Hall–Kier alpha value is -3.41. The van der Waals surface area contributed by atoms with Gasteiger partial charge in [-0.3, -0.25) is 4.79 Å². The Bertz CT molecular complexity index is 1100. The van der Waals surface area contributed by atoms with Gasteiger partial charge >= 0.3 is 6.03 Å². The highest BCUT2D eigenvalue weighted by Crippen LogP contribution is 2.55. The van der Waals surface area contributed by atoms with E-state index in [2.05, 4.69) is 48.3 Å². The van der Waals surface area contributed by atoms with E-state index in [-0.39, 0.29) is 17.4 Å². The number of benzene rings is 2. The van der Waals surface area contributed by atoms with Crippen molar-refractivity contribution in [1.82, 2.24) is 5.32 Å². The minimum atomic E-state index is -0.311. The van der Waals surface area contributed by atoms with Crippen LogP contribution in [-0.2, 0) is 16.6 Å². The summed E-state index contributed by atoms with van der Waals surface area (Å²) >= 11 is 0. The number of amides is 3. The van der Waals surface area contributed by atoms with Gasteiger partial charge in [-0.1, -0.05) is 18.7 Å². The highest BCUT2D eigenvalue weighted by molar-refractivity contribution is 6.08. The molecule has 2 aliphatic heterocycles. The largest absolute Gasteiger partial charge is 0.347 e. The molecule has 1 aliphatic carbocycles. The second kappa shape index (κ2) is 6.04. The molecule has 6 nitrogen and oxygen atoms in total. The highest BCUT2D eigenvalue weighted by atomic mass is 16.2. The fourth-order valence-electron chi connectivity index (χ4n) is 4.35. The second-order valence-electron chi connectivity index (χ2n) is 8.16. The van der Waals surface area contributed by atoms with Crippen LogP contribution in [0.15, 0.2) is 47.7 Å². The van der Waals surface area contributed by atoms with Gasteiger partial charge in [-0.05, 0) is 79.1 Å². The molecule has 146 valence electrons. The van der Waals surface area contributed by atoms with Gasteiger partial charge < -0.3 is 10.6 Å². The van der Waals surface area contributed by atoms with Crippen LogP contribution in [0.3, 0.4) is 0 Å². The van der Waals surface area contributed by atoms with E-state index >= 15 is 0 Å². The number of allylic oxidation sites excluding steroid dienone is 1. The van der Waals surface area contributed by atoms with Crippen molar-refractivity contribution in [3.63, 3.8) is 0 Å². The first-order chi connectivity index (χ1) is 13.9. The summed E-state index contributed by atoms with van der Waals surface area (Å²) in [6.45, 7) is 7.80. The molecule has 2 N–H and O–H groups in total. The summed E-state index contributed by atoms with van der Waals surface area (Å²) in [5, 5.41) is 11.2. The van der Waals surface area contributed by atoms with Gasteiger partial charge in [-0.15, -0.1) is 0 Å². The van der Waals surface area contributed by atoms with Crippen molar-refractivity contribution in [2.24, 2.45) is 5.10 Å². The standard InChI is InChI=1S/C23H22N4O2/c1-13-8-17(27-22(29)25-15(3)12-24-27)9-14(2)18(13)10-16-4-5-20-19(11-16)23(6-7-23)21(28)26-20/h4-5,8-9,11-12H,3,6-7,10H2,1-2H3,(H,25,29)(H,26,28). The van der Waals surface area contributed by atoms with Crippen LogP contribution in [0.4, 0.5) is 16.2 Å². The number of nitrogens with zero attached hydrogens (tertiary/aromatic N) is 2. The smallest absolute Gasteiger partial charge is 0.325 e. The first kappa shape index (κ1) is 17.7. The molecule has 6 heteroatoms. The maximum atomic E-state index is 12.3. The normalized spacial score (nSPS) is 18.7. The zero-order valence-corrected chi connectivity index (χ0v) is 16.5. The van der Waals surface area contributed by atoms with E-state index in [1.54, 1.807) is 0 Å². The molecule has 0 radical (unpaired) electrons. The molecule has 0 bridgehead atoms. The van der Waals surface area contributed by atoms with Gasteiger partial charge in [-0.2, -0.15) is 10.1 Å². The van der Waals surface area contributed by atoms with E-state index in [1.807, 2.05) is 18.2 Å². The summed E-state index contributed by atoms with van der Waals surface area (Å²) in [5.41, 5.74) is 7.65. The fourth-order valence-corrected chi connectivity index (χ4v) is 4.35. The lowest BCUT2D eigenvalue weighted by Gasteiger charge is -2.23. The number of hydrogen-bond donors (Lipinski definition) is 2. The topological polar surface area (TPSA) is 73.8 Å². The van der Waals surface area contributed by atoms with Gasteiger partial charge in [0.15, 0.2) is 0 Å². The van der Waals surface area contributed by atoms with E-state index in [0.717, 1.165) is 47.3 Å². The Balaban J connectivity index is 1.45. The molecule has 0 unspecified atom stereocenters. The molecule has 3 amide bonds. The average Bonchev–Trinajstić information content (AvgIpc) is 3.42. The first-order valence-electron chi connectivity index (χ1n) is 9.76. The molecule has 2 aromatic carbocycles. The maximum absolute atomic E-state index is 12.3. The van der Waals surface area contributed by atoms with Crippen molar-refractivity contribution in [3.8, 4) is 0 Å². The van der Waals surface area contributed by atoms with E-state index in [4.69, 9.17) is 0 Å². The summed E-state index contributed by atoms with van der Waals surface area (Å²) in [6.07, 6.45) is 4.19. The lowest BCUT2D eigenvalue weighted by atomic mass is 9.91. The molecule has 3 aliphatic rings. The minimum Gasteiger partial charge on any atom is -0.325 e. The predicted octanol–water partition coefficient (Wildman–Crippen LogP) is 3.91. The number of urea groups is 1. The Kier molecular flexibility index (Phi) is 3.68. The van der Waals surface area contributed by atoms with Crippen LogP contribution < -0.4 is 15.6 Å². The quantitative estimate of drug-likeness (QED) is 0.839. The lowest BCUT2D eigenvalue weighted by molar-refractivity contribution is -0.117. The van der Waals surface area contributed by atoms with Gasteiger partial charge in [0, 0.05) is 5.69 Å². The second-order valence-corrected chi connectivity index (χ2v) is 8.16. The summed E-state index contributed by atoms with van der Waals surface area (Å²) in [4.78, 5) is 24.5. The Morgan fingerprint density at radius 1 is 1.10 bits per heavy atom. The Labute approximate surface area is 169 Å². The van der Waals surface area contributed by atoms with Crippen LogP contribution >= 0.6 is 0 Å². The molecule has 2 heterocycles. The Morgan fingerprint density at radius 3 is 2.48 bits per heavy atom. The molecule has 1 fully saturated rings. The van der Waals surface area contributed by atoms with Gasteiger partial charge in [0.25, 0.3) is 0 Å². The van der Waals surface area contributed by atoms with Gasteiger partial charge in [0.2, 0.25) is 5.91 Å². The number of rotatable bonds is 3. The van der Waals surface area contributed by atoms with Crippen LogP contribution in [0.5, 0.6) is 0 Å². The summed E-state index contributed by atoms with van der Waals surface area (Å²) in [5.74, 6) is 0.143. The summed E-state index contributed by atoms with van der Waals surface area (Å²) < 4.78 is 0. The number of carbonyl (C=O) groups excluding carboxylic acids is 2. The number of fused-ring (bicyclic) bond motifs is 2. The van der Waals surface area contributed by atoms with Crippen LogP contribution in [-0.4, -0.2) is 18.2 Å². The van der Waals surface area contributed by atoms with Gasteiger partial charge in [0.05, 0.1) is 23.0 Å². The van der Waals surface area contributed by atoms with Crippen LogP contribution in [0, 0.1) is 13.8 Å². The third-order valence-corrected chi connectivity index (χ3v) is 6.13. The summed E-state index contributed by atoms with van der Waals surface area (Å²) in [6, 6.07) is 9.94. The van der Waals surface area contributed by atoms with E-state index in [1.165, 1.54) is 22.4 Å². The first-order valence-corrected chi connectivity index (χ1v) is 9.76. The molecule has 0 saturated heterocycles. The molecule has 2 aromatic rings. The molecule has 0 atom stereocenters. The number of aryl methyl sites for hydroxylation is 2. The third-order valence-electron chi connectivity index (χ3n) is 6.13. The molecular weight excluding hydrogens is 364 g/mol. The van der Waals surface area contributed by atoms with Crippen molar-refractivity contribution in [1.29, 1.82) is 0 Å². The van der Waals surface area contributed by atoms with Crippen molar-refractivity contribution in [2.45, 2.75) is 38.5 Å². The highest BCUT2D eigenvalue weighted by Gasteiger charge is 2.56. The van der Waals surface area contributed by atoms with E-state index in [0.29, 0.717) is 5.70 Å². The van der Waals surface area contributed by atoms with Gasteiger partial charge in [-0.25, -0.2) is 4.79 Å². The maximum Gasteiger partial charge on any atom is 0.347 e. The Morgan fingerprint density at radius 2 is 1.83 bits per heavy atom. The van der Waals surface area contributed by atoms with Crippen LogP contribution in [0.25, 0.3) is 0 Å². The zero-order valence-electron chi connectivity index (χ0n) is 16.5. The lowest BCUT2D eigenvalue weighted by Crippen LogP contribution is -2.40. The molecule has 5 rings (SSSR count). The number of hydrazone groups is 1. The monoisotopic (exact) mass is 386 g/mol. The van der Waals surface area contributed by atoms with E-state index in [9.17, 15) is 9.59 Å². The number of carbonyl (C=O) groups is 2. The predicted molar refractivity (Wildman–Crippen MR) is 113 cm³/mol. The number of nitrogens with one attached hydrogen (secondary N) is 2. The molecule has 29 heavy (non-hydrogen) atoms. The fraction of sp³-hybridized carbons (Fsp3) is 0.261.